The van der Waals surface area contributed by atoms with Gasteiger partial charge in [-0.3, -0.25) is 9.88 Å². The van der Waals surface area contributed by atoms with E-state index in [0.29, 0.717) is 17.6 Å². The van der Waals surface area contributed by atoms with Crippen LogP contribution in [-0.4, -0.2) is 17.6 Å². The molecule has 20 heavy (non-hydrogen) atoms. The maximum atomic E-state index is 11.6. The molecule has 0 amide bonds. The second-order valence-corrected chi connectivity index (χ2v) is 6.22. The first-order valence-corrected chi connectivity index (χ1v) is 7.83. The first kappa shape index (κ1) is 15.0. The van der Waals surface area contributed by atoms with Crippen LogP contribution < -0.4 is 10.8 Å². The number of nitrogens with one attached hydrogen (secondary N) is 1. The van der Waals surface area contributed by atoms with E-state index in [-0.39, 0.29) is 0 Å². The van der Waals surface area contributed by atoms with E-state index in [2.05, 4.69) is 5.32 Å². The molecule has 2 radical (unpaired) electrons. The minimum Gasteiger partial charge on any atom is -0.323 e. The maximum absolute atomic E-state index is 11.6. The van der Waals surface area contributed by atoms with Crippen LogP contribution in [0.4, 0.5) is 0 Å². The highest BCUT2D eigenvalue weighted by molar-refractivity contribution is 7.52. The molecule has 102 valence electrons. The van der Waals surface area contributed by atoms with Crippen LogP contribution in [-0.2, 0) is 11.1 Å². The van der Waals surface area contributed by atoms with Crippen molar-refractivity contribution in [2.24, 2.45) is 0 Å². The molecular formula is C14H15BNO3P. The summed E-state index contributed by atoms with van der Waals surface area (Å²) >= 11 is 0. The normalized spacial score (nSPS) is 13.1. The fraction of sp³-hybridized carbons (Fsp3) is 0.143. The second-order valence-electron chi connectivity index (χ2n) is 4.52. The fourth-order valence-electron chi connectivity index (χ4n) is 1.92. The van der Waals surface area contributed by atoms with Crippen molar-refractivity contribution in [3.63, 3.8) is 0 Å². The van der Waals surface area contributed by atoms with E-state index in [9.17, 15) is 14.4 Å². The van der Waals surface area contributed by atoms with E-state index >= 15 is 0 Å². The first-order chi connectivity index (χ1) is 9.47. The Bertz CT molecular complexity index is 598. The van der Waals surface area contributed by atoms with Crippen LogP contribution in [0.1, 0.15) is 16.9 Å². The van der Waals surface area contributed by atoms with Crippen molar-refractivity contribution >= 4 is 20.9 Å². The molecule has 0 aromatic heterocycles. The molecule has 0 heterocycles. The van der Waals surface area contributed by atoms with Gasteiger partial charge in [-0.25, -0.2) is 0 Å². The average Bonchev–Trinajstić information content (AvgIpc) is 2.41. The third-order valence-electron chi connectivity index (χ3n) is 2.93. The fourth-order valence-corrected chi connectivity index (χ4v) is 2.81. The Hall–Kier alpha value is -1.39. The quantitative estimate of drug-likeness (QED) is 0.575. The van der Waals surface area contributed by atoms with Gasteiger partial charge in [-0.15, -0.1) is 0 Å². The average molecular weight is 287 g/mol. The van der Waals surface area contributed by atoms with Gasteiger partial charge in [0.2, 0.25) is 0 Å². The van der Waals surface area contributed by atoms with Crippen molar-refractivity contribution in [1.82, 2.24) is 5.32 Å². The van der Waals surface area contributed by atoms with Crippen LogP contribution in [0, 0.1) is 0 Å². The van der Waals surface area contributed by atoms with Gasteiger partial charge in [-0.1, -0.05) is 60.1 Å². The molecule has 0 saturated carbocycles. The van der Waals surface area contributed by atoms with E-state index in [0.717, 1.165) is 5.56 Å². The van der Waals surface area contributed by atoms with E-state index < -0.39 is 13.4 Å². The van der Waals surface area contributed by atoms with Crippen molar-refractivity contribution in [1.29, 1.82) is 0 Å². The Morgan fingerprint density at radius 1 is 1.05 bits per heavy atom. The zero-order chi connectivity index (χ0) is 14.6. The molecule has 0 saturated heterocycles. The van der Waals surface area contributed by atoms with E-state index in [1.165, 1.54) is 0 Å². The molecule has 0 aliphatic carbocycles. The van der Waals surface area contributed by atoms with Crippen molar-refractivity contribution in [2.75, 3.05) is 0 Å². The van der Waals surface area contributed by atoms with Crippen LogP contribution in [0.5, 0.6) is 0 Å². The van der Waals surface area contributed by atoms with Crippen molar-refractivity contribution in [2.45, 2.75) is 12.3 Å². The molecular weight excluding hydrogens is 272 g/mol. The van der Waals surface area contributed by atoms with Gasteiger partial charge in [0.05, 0.1) is 0 Å². The molecule has 1 atom stereocenters. The molecule has 0 aliphatic heterocycles. The lowest BCUT2D eigenvalue weighted by Gasteiger charge is -2.20. The van der Waals surface area contributed by atoms with Crippen molar-refractivity contribution < 1.29 is 14.4 Å². The van der Waals surface area contributed by atoms with Crippen LogP contribution >= 0.6 is 7.60 Å². The topological polar surface area (TPSA) is 69.6 Å². The molecule has 6 heteroatoms. The molecule has 0 spiro atoms. The summed E-state index contributed by atoms with van der Waals surface area (Å²) in [7, 11) is 1.28. The molecule has 3 N–H and O–H groups in total. The Morgan fingerprint density at radius 2 is 1.65 bits per heavy atom. The summed E-state index contributed by atoms with van der Waals surface area (Å²) in [6, 6.07) is 15.9. The van der Waals surface area contributed by atoms with Crippen LogP contribution in [0.25, 0.3) is 0 Å². The lowest BCUT2D eigenvalue weighted by atomic mass is 9.95. The number of rotatable bonds is 5. The van der Waals surface area contributed by atoms with Crippen LogP contribution in [0.3, 0.4) is 0 Å². The lowest BCUT2D eigenvalue weighted by molar-refractivity contribution is 0.347. The lowest BCUT2D eigenvalue weighted by Crippen LogP contribution is -2.21. The predicted molar refractivity (Wildman–Crippen MR) is 79.9 cm³/mol. The van der Waals surface area contributed by atoms with Crippen LogP contribution in [0.15, 0.2) is 54.6 Å². The maximum Gasteiger partial charge on any atom is 0.346 e. The summed E-state index contributed by atoms with van der Waals surface area (Å²) in [4.78, 5) is 19.0. The predicted octanol–water partition coefficient (Wildman–Crippen LogP) is 1.45. The third kappa shape index (κ3) is 4.05. The van der Waals surface area contributed by atoms with Gasteiger partial charge in [0.1, 0.15) is 13.6 Å². The Kier molecular flexibility index (Phi) is 4.79. The van der Waals surface area contributed by atoms with Gasteiger partial charge >= 0.3 is 7.60 Å². The van der Waals surface area contributed by atoms with E-state index in [4.69, 9.17) is 7.85 Å². The monoisotopic (exact) mass is 287 g/mol. The largest absolute Gasteiger partial charge is 0.346 e. The molecule has 0 bridgehead atoms. The van der Waals surface area contributed by atoms with E-state index in [1.807, 2.05) is 30.3 Å². The van der Waals surface area contributed by atoms with Gasteiger partial charge in [0, 0.05) is 6.54 Å². The number of benzene rings is 2. The summed E-state index contributed by atoms with van der Waals surface area (Å²) in [6.07, 6.45) is 0. The van der Waals surface area contributed by atoms with Gasteiger partial charge in [0.25, 0.3) is 0 Å². The van der Waals surface area contributed by atoms with Crippen molar-refractivity contribution in [3.8, 4) is 0 Å². The standard InChI is InChI=1S/C14H15BNO3P/c15-13-8-6-12(7-9-13)14(20(17,18)19)16-10-11-4-2-1-3-5-11/h1-9,14,16H,10H2,(H2,17,18,19). The SMILES string of the molecule is [B]c1ccc(C(NCc2ccccc2)P(=O)(O)O)cc1. The minimum absolute atomic E-state index is 0.376. The Labute approximate surface area is 119 Å². The summed E-state index contributed by atoms with van der Waals surface area (Å²) in [6.45, 7) is 0.376. The minimum atomic E-state index is -4.30. The zero-order valence-electron chi connectivity index (χ0n) is 10.8. The smallest absolute Gasteiger partial charge is 0.323 e. The van der Waals surface area contributed by atoms with Gasteiger partial charge in [-0.05, 0) is 11.1 Å². The summed E-state index contributed by atoms with van der Waals surface area (Å²) in [5.41, 5.74) is 2.03. The van der Waals surface area contributed by atoms with Gasteiger partial charge in [0.15, 0.2) is 0 Å². The highest BCUT2D eigenvalue weighted by Gasteiger charge is 2.29. The van der Waals surface area contributed by atoms with Crippen molar-refractivity contribution in [3.05, 3.63) is 65.7 Å². The molecule has 2 rings (SSSR count). The molecule has 1 unspecified atom stereocenters. The molecule has 2 aromatic carbocycles. The summed E-state index contributed by atoms with van der Waals surface area (Å²) in [5.74, 6) is -1.04. The third-order valence-corrected chi connectivity index (χ3v) is 4.08. The Morgan fingerprint density at radius 3 is 2.20 bits per heavy atom. The molecule has 4 nitrogen and oxygen atoms in total. The van der Waals surface area contributed by atoms with Crippen LogP contribution in [0.2, 0.25) is 0 Å². The number of hydrogen-bond donors (Lipinski definition) is 3. The summed E-state index contributed by atoms with van der Waals surface area (Å²) in [5, 5.41) is 2.91. The first-order valence-electron chi connectivity index (χ1n) is 6.15. The van der Waals surface area contributed by atoms with Gasteiger partial charge < -0.3 is 9.79 Å². The second kappa shape index (κ2) is 6.38. The summed E-state index contributed by atoms with van der Waals surface area (Å²) < 4.78 is 11.6. The van der Waals surface area contributed by atoms with E-state index in [1.54, 1.807) is 24.3 Å². The molecule has 0 aliphatic rings. The molecule has 0 fully saturated rings. The highest BCUT2D eigenvalue weighted by atomic mass is 31.2. The molecule has 2 aromatic rings. The van der Waals surface area contributed by atoms with Gasteiger partial charge in [-0.2, -0.15) is 0 Å². The highest BCUT2D eigenvalue weighted by Crippen LogP contribution is 2.49. The number of hydrogen-bond acceptors (Lipinski definition) is 2. The zero-order valence-corrected chi connectivity index (χ0v) is 11.7. The Balaban J connectivity index is 2.17.